The van der Waals surface area contributed by atoms with Crippen LogP contribution in [0.4, 0.5) is 11.4 Å². The number of carbonyl (C=O) groups excluding carboxylic acids is 3. The van der Waals surface area contributed by atoms with E-state index < -0.39 is 23.5 Å². The number of methoxy groups -OCH3 is 1. The minimum atomic E-state index is -0.691. The predicted molar refractivity (Wildman–Crippen MR) is 111 cm³/mol. The standard InChI is InChI=1S/C22H27N3O5/c1-4-9-25-12-22-8-7-16(30-22)18(19(22)21(25)28)20(27)24-15-10-14(6-5-13(15)2)23-17(26)11-29-3/h5-8,10,16,18-19H,4,9,11-12H2,1-3H3,(H,23,26)(H,24,27)/t16-,18-,19+,22-/m0/s1. The molecule has 30 heavy (non-hydrogen) atoms. The molecular formula is C22H27N3O5. The third-order valence-corrected chi connectivity index (χ3v) is 6.03. The summed E-state index contributed by atoms with van der Waals surface area (Å²) < 4.78 is 11.0. The molecule has 2 saturated heterocycles. The Morgan fingerprint density at radius 1 is 1.33 bits per heavy atom. The van der Waals surface area contributed by atoms with E-state index in [9.17, 15) is 14.4 Å². The zero-order valence-electron chi connectivity index (χ0n) is 17.4. The van der Waals surface area contributed by atoms with E-state index in [1.807, 2.05) is 32.1 Å². The molecule has 0 saturated carbocycles. The highest BCUT2D eigenvalue weighted by atomic mass is 16.5. The molecule has 0 radical (unpaired) electrons. The van der Waals surface area contributed by atoms with Gasteiger partial charge in [-0.1, -0.05) is 25.1 Å². The molecule has 1 aromatic carbocycles. The fraction of sp³-hybridized carbons (Fsp3) is 0.500. The van der Waals surface area contributed by atoms with E-state index in [2.05, 4.69) is 10.6 Å². The number of ether oxygens (including phenoxy) is 2. The quantitative estimate of drug-likeness (QED) is 0.664. The first-order valence-corrected chi connectivity index (χ1v) is 10.2. The number of hydrogen-bond acceptors (Lipinski definition) is 5. The van der Waals surface area contributed by atoms with Crippen LogP contribution in [0.3, 0.4) is 0 Å². The summed E-state index contributed by atoms with van der Waals surface area (Å²) in [7, 11) is 1.45. The summed E-state index contributed by atoms with van der Waals surface area (Å²) in [5.41, 5.74) is 1.31. The van der Waals surface area contributed by atoms with Gasteiger partial charge in [0.05, 0.1) is 24.5 Å². The number of nitrogens with one attached hydrogen (secondary N) is 2. The van der Waals surface area contributed by atoms with Crippen LogP contribution < -0.4 is 10.6 Å². The Morgan fingerprint density at radius 3 is 2.87 bits per heavy atom. The summed E-state index contributed by atoms with van der Waals surface area (Å²) in [4.78, 5) is 39.8. The van der Waals surface area contributed by atoms with Crippen molar-refractivity contribution < 1.29 is 23.9 Å². The van der Waals surface area contributed by atoms with Gasteiger partial charge in [-0.25, -0.2) is 0 Å². The van der Waals surface area contributed by atoms with E-state index in [-0.39, 0.29) is 24.3 Å². The van der Waals surface area contributed by atoms with E-state index in [4.69, 9.17) is 9.47 Å². The lowest BCUT2D eigenvalue weighted by Gasteiger charge is -2.24. The molecule has 8 nitrogen and oxygen atoms in total. The predicted octanol–water partition coefficient (Wildman–Crippen LogP) is 1.71. The Kier molecular flexibility index (Phi) is 5.38. The van der Waals surface area contributed by atoms with E-state index in [1.165, 1.54) is 7.11 Å². The van der Waals surface area contributed by atoms with Gasteiger partial charge in [-0.3, -0.25) is 14.4 Å². The number of amides is 3. The van der Waals surface area contributed by atoms with Crippen molar-refractivity contribution in [3.8, 4) is 0 Å². The number of anilines is 2. The van der Waals surface area contributed by atoms with Crippen molar-refractivity contribution in [3.63, 3.8) is 0 Å². The van der Waals surface area contributed by atoms with Crippen LogP contribution in [-0.4, -0.2) is 61.1 Å². The molecule has 1 spiro atoms. The van der Waals surface area contributed by atoms with Crippen LogP contribution >= 0.6 is 0 Å². The summed E-state index contributed by atoms with van der Waals surface area (Å²) in [5.74, 6) is -1.60. The van der Waals surface area contributed by atoms with Crippen LogP contribution in [0.15, 0.2) is 30.4 Å². The van der Waals surface area contributed by atoms with Crippen LogP contribution in [0.1, 0.15) is 18.9 Å². The number of carbonyl (C=O) groups is 3. The first kappa shape index (κ1) is 20.6. The zero-order valence-corrected chi connectivity index (χ0v) is 17.4. The monoisotopic (exact) mass is 413 g/mol. The van der Waals surface area contributed by atoms with Crippen molar-refractivity contribution in [2.24, 2.45) is 11.8 Å². The Labute approximate surface area is 175 Å². The van der Waals surface area contributed by atoms with Crippen molar-refractivity contribution >= 4 is 29.1 Å². The summed E-state index contributed by atoms with van der Waals surface area (Å²) >= 11 is 0. The summed E-state index contributed by atoms with van der Waals surface area (Å²) in [6, 6.07) is 5.29. The molecule has 4 rings (SSSR count). The molecule has 160 valence electrons. The number of nitrogens with zero attached hydrogens (tertiary/aromatic N) is 1. The molecule has 3 amide bonds. The molecular weight excluding hydrogens is 386 g/mol. The summed E-state index contributed by atoms with van der Waals surface area (Å²) in [6.45, 7) is 5.01. The molecule has 0 unspecified atom stereocenters. The highest BCUT2D eigenvalue weighted by Gasteiger charge is 2.66. The molecule has 3 heterocycles. The number of fused-ring (bicyclic) bond motifs is 1. The Hall–Kier alpha value is -2.71. The van der Waals surface area contributed by atoms with Gasteiger partial charge in [0.2, 0.25) is 17.7 Å². The number of rotatable bonds is 7. The highest BCUT2D eigenvalue weighted by molar-refractivity contribution is 6.00. The van der Waals surface area contributed by atoms with Gasteiger partial charge in [0.15, 0.2) is 0 Å². The molecule has 3 aliphatic heterocycles. The molecule has 4 atom stereocenters. The second-order valence-corrected chi connectivity index (χ2v) is 8.16. The molecule has 1 aromatic rings. The van der Waals surface area contributed by atoms with Gasteiger partial charge >= 0.3 is 0 Å². The van der Waals surface area contributed by atoms with Gasteiger partial charge in [0.25, 0.3) is 0 Å². The van der Waals surface area contributed by atoms with Crippen LogP contribution in [0.25, 0.3) is 0 Å². The van der Waals surface area contributed by atoms with E-state index in [0.717, 1.165) is 12.0 Å². The zero-order chi connectivity index (χ0) is 21.5. The maximum Gasteiger partial charge on any atom is 0.250 e. The Morgan fingerprint density at radius 2 is 2.13 bits per heavy atom. The van der Waals surface area contributed by atoms with Gasteiger partial charge < -0.3 is 25.0 Å². The third kappa shape index (κ3) is 3.40. The minimum Gasteiger partial charge on any atom is -0.375 e. The fourth-order valence-corrected chi connectivity index (χ4v) is 4.72. The largest absolute Gasteiger partial charge is 0.375 e. The number of aryl methyl sites for hydroxylation is 1. The summed E-state index contributed by atoms with van der Waals surface area (Å²) in [5, 5.41) is 5.68. The lowest BCUT2D eigenvalue weighted by Crippen LogP contribution is -2.41. The lowest BCUT2D eigenvalue weighted by molar-refractivity contribution is -0.135. The number of benzene rings is 1. The average molecular weight is 413 g/mol. The second kappa shape index (κ2) is 7.85. The van der Waals surface area contributed by atoms with Crippen molar-refractivity contribution in [1.29, 1.82) is 0 Å². The van der Waals surface area contributed by atoms with E-state index >= 15 is 0 Å². The maximum atomic E-state index is 13.2. The molecule has 2 bridgehead atoms. The third-order valence-electron chi connectivity index (χ3n) is 6.03. The maximum absolute atomic E-state index is 13.2. The van der Waals surface area contributed by atoms with Crippen molar-refractivity contribution in [1.82, 2.24) is 4.90 Å². The highest BCUT2D eigenvalue weighted by Crippen LogP contribution is 2.52. The van der Waals surface area contributed by atoms with Crippen molar-refractivity contribution in [3.05, 3.63) is 35.9 Å². The number of likely N-dealkylation sites (tertiary alicyclic amines) is 1. The number of hydrogen-bond donors (Lipinski definition) is 2. The minimum absolute atomic E-state index is 0.0128. The van der Waals surface area contributed by atoms with Crippen molar-refractivity contribution in [2.75, 3.05) is 37.4 Å². The molecule has 0 aliphatic carbocycles. The molecule has 8 heteroatoms. The molecule has 3 aliphatic rings. The van der Waals surface area contributed by atoms with Crippen LogP contribution in [0.5, 0.6) is 0 Å². The SMILES string of the molecule is CCCN1C[C@]23C=C[C@H](O2)[C@H](C(=O)Nc2cc(NC(=O)COC)ccc2C)[C@@H]3C1=O. The lowest BCUT2D eigenvalue weighted by atomic mass is 9.76. The normalized spacial score (nSPS) is 28.7. The summed E-state index contributed by atoms with van der Waals surface area (Å²) in [6.07, 6.45) is 4.32. The molecule has 0 aromatic heterocycles. The topological polar surface area (TPSA) is 97.0 Å². The van der Waals surface area contributed by atoms with E-state index in [0.29, 0.717) is 24.5 Å². The van der Waals surface area contributed by atoms with Crippen molar-refractivity contribution in [2.45, 2.75) is 32.0 Å². The van der Waals surface area contributed by atoms with Gasteiger partial charge in [-0.2, -0.15) is 0 Å². The Bertz CT molecular complexity index is 914. The van der Waals surface area contributed by atoms with Crippen LogP contribution in [0, 0.1) is 18.8 Å². The Balaban J connectivity index is 1.53. The van der Waals surface area contributed by atoms with Gasteiger partial charge in [-0.15, -0.1) is 0 Å². The molecule has 2 N–H and O–H groups in total. The first-order valence-electron chi connectivity index (χ1n) is 10.2. The van der Waals surface area contributed by atoms with E-state index in [1.54, 1.807) is 17.0 Å². The second-order valence-electron chi connectivity index (χ2n) is 8.16. The van der Waals surface area contributed by atoms with Gasteiger partial charge in [-0.05, 0) is 31.0 Å². The van der Waals surface area contributed by atoms with Gasteiger partial charge in [0.1, 0.15) is 12.2 Å². The average Bonchev–Trinajstić information content (AvgIpc) is 3.33. The van der Waals surface area contributed by atoms with Crippen LogP contribution in [-0.2, 0) is 23.9 Å². The van der Waals surface area contributed by atoms with Crippen LogP contribution in [0.2, 0.25) is 0 Å². The first-order chi connectivity index (χ1) is 14.4. The molecule has 2 fully saturated rings. The smallest absolute Gasteiger partial charge is 0.250 e. The fourth-order valence-electron chi connectivity index (χ4n) is 4.72. The van der Waals surface area contributed by atoms with Gasteiger partial charge in [0, 0.05) is 25.0 Å².